The normalized spacial score (nSPS) is 10.6. The van der Waals surface area contributed by atoms with Crippen LogP contribution in [0.25, 0.3) is 5.69 Å². The zero-order valence-electron chi connectivity index (χ0n) is 12.1. The lowest BCUT2D eigenvalue weighted by Gasteiger charge is -2.09. The SMILES string of the molecule is O=C(Cc1ccc(Cl)c(Cl)c1)Nc1cc(-n2cnnn2)ccc1F. The fraction of sp³-hybridized carbons (Fsp3) is 0.0667. The summed E-state index contributed by atoms with van der Waals surface area (Å²) >= 11 is 11.7. The van der Waals surface area contributed by atoms with Crippen LogP contribution in [0, 0.1) is 5.82 Å². The van der Waals surface area contributed by atoms with Crippen molar-refractivity contribution in [1.82, 2.24) is 20.2 Å². The number of benzene rings is 2. The van der Waals surface area contributed by atoms with Gasteiger partial charge in [-0.2, -0.15) is 0 Å². The molecule has 0 bridgehead atoms. The van der Waals surface area contributed by atoms with Crippen LogP contribution in [0.15, 0.2) is 42.7 Å². The molecule has 3 rings (SSSR count). The topological polar surface area (TPSA) is 72.7 Å². The molecule has 0 aliphatic carbocycles. The Morgan fingerprint density at radius 2 is 2.00 bits per heavy atom. The van der Waals surface area contributed by atoms with Gasteiger partial charge in [-0.05, 0) is 46.3 Å². The number of amides is 1. The summed E-state index contributed by atoms with van der Waals surface area (Å²) in [4.78, 5) is 12.1. The summed E-state index contributed by atoms with van der Waals surface area (Å²) in [6, 6.07) is 9.05. The smallest absolute Gasteiger partial charge is 0.228 e. The monoisotopic (exact) mass is 365 g/mol. The molecular formula is C15H10Cl2FN5O. The quantitative estimate of drug-likeness (QED) is 0.769. The van der Waals surface area contributed by atoms with E-state index in [1.807, 2.05) is 0 Å². The fourth-order valence-electron chi connectivity index (χ4n) is 2.06. The second-order valence-electron chi connectivity index (χ2n) is 4.89. The Morgan fingerprint density at radius 3 is 2.71 bits per heavy atom. The molecule has 1 heterocycles. The maximum Gasteiger partial charge on any atom is 0.228 e. The molecule has 0 fully saturated rings. The van der Waals surface area contributed by atoms with Crippen LogP contribution in [0.5, 0.6) is 0 Å². The van der Waals surface area contributed by atoms with E-state index in [9.17, 15) is 9.18 Å². The van der Waals surface area contributed by atoms with Crippen molar-refractivity contribution in [3.63, 3.8) is 0 Å². The van der Waals surface area contributed by atoms with Crippen LogP contribution in [0.2, 0.25) is 10.0 Å². The van der Waals surface area contributed by atoms with E-state index in [0.29, 0.717) is 21.3 Å². The maximum absolute atomic E-state index is 13.9. The lowest BCUT2D eigenvalue weighted by Crippen LogP contribution is -2.15. The molecule has 1 aromatic heterocycles. The predicted molar refractivity (Wildman–Crippen MR) is 87.9 cm³/mol. The van der Waals surface area contributed by atoms with Crippen LogP contribution in [-0.4, -0.2) is 26.1 Å². The number of halogens is 3. The first-order chi connectivity index (χ1) is 11.5. The van der Waals surface area contributed by atoms with Crippen molar-refractivity contribution in [3.8, 4) is 5.69 Å². The Hall–Kier alpha value is -2.51. The highest BCUT2D eigenvalue weighted by Crippen LogP contribution is 2.23. The Balaban J connectivity index is 1.76. The van der Waals surface area contributed by atoms with Crippen LogP contribution in [0.3, 0.4) is 0 Å². The number of anilines is 1. The molecule has 9 heteroatoms. The van der Waals surface area contributed by atoms with E-state index < -0.39 is 5.82 Å². The van der Waals surface area contributed by atoms with E-state index in [4.69, 9.17) is 23.2 Å². The minimum absolute atomic E-state index is 0.0332. The fourth-order valence-corrected chi connectivity index (χ4v) is 2.38. The molecule has 1 N–H and O–H groups in total. The van der Waals surface area contributed by atoms with Crippen molar-refractivity contribution in [2.45, 2.75) is 6.42 Å². The molecular weight excluding hydrogens is 356 g/mol. The van der Waals surface area contributed by atoms with Gasteiger partial charge in [-0.15, -0.1) is 5.10 Å². The third kappa shape index (κ3) is 3.69. The number of carbonyl (C=O) groups excluding carboxylic acids is 1. The summed E-state index contributed by atoms with van der Waals surface area (Å²) in [5.74, 6) is -0.949. The molecule has 6 nitrogen and oxygen atoms in total. The summed E-state index contributed by atoms with van der Waals surface area (Å²) in [7, 11) is 0. The third-order valence-corrected chi connectivity index (χ3v) is 3.93. The number of aromatic nitrogens is 4. The summed E-state index contributed by atoms with van der Waals surface area (Å²) in [5, 5.41) is 14.0. The van der Waals surface area contributed by atoms with Crippen LogP contribution in [-0.2, 0) is 11.2 Å². The van der Waals surface area contributed by atoms with Gasteiger partial charge in [0.05, 0.1) is 27.8 Å². The summed E-state index contributed by atoms with van der Waals surface area (Å²) in [6.45, 7) is 0. The summed E-state index contributed by atoms with van der Waals surface area (Å²) in [6.07, 6.45) is 1.40. The number of nitrogens with one attached hydrogen (secondary N) is 1. The molecule has 122 valence electrons. The Labute approximate surface area is 146 Å². The van der Waals surface area contributed by atoms with Gasteiger partial charge in [0.25, 0.3) is 0 Å². The molecule has 3 aromatic rings. The Bertz CT molecular complexity index is 886. The molecule has 1 amide bonds. The van der Waals surface area contributed by atoms with Gasteiger partial charge in [0.2, 0.25) is 5.91 Å². The number of hydrogen-bond acceptors (Lipinski definition) is 4. The van der Waals surface area contributed by atoms with Gasteiger partial charge in [-0.25, -0.2) is 9.07 Å². The number of carbonyl (C=O) groups is 1. The van der Waals surface area contributed by atoms with Crippen molar-refractivity contribution >= 4 is 34.8 Å². The van der Waals surface area contributed by atoms with E-state index in [1.165, 1.54) is 29.2 Å². The van der Waals surface area contributed by atoms with Crippen LogP contribution in [0.4, 0.5) is 10.1 Å². The van der Waals surface area contributed by atoms with Crippen molar-refractivity contribution in [1.29, 1.82) is 0 Å². The van der Waals surface area contributed by atoms with Gasteiger partial charge < -0.3 is 5.32 Å². The zero-order valence-corrected chi connectivity index (χ0v) is 13.6. The minimum atomic E-state index is -0.561. The Morgan fingerprint density at radius 1 is 1.17 bits per heavy atom. The van der Waals surface area contributed by atoms with Crippen LogP contribution < -0.4 is 5.32 Å². The highest BCUT2D eigenvalue weighted by Gasteiger charge is 2.11. The van der Waals surface area contributed by atoms with Crippen molar-refractivity contribution in [2.24, 2.45) is 0 Å². The molecule has 0 saturated heterocycles. The third-order valence-electron chi connectivity index (χ3n) is 3.19. The second-order valence-corrected chi connectivity index (χ2v) is 5.71. The average molecular weight is 366 g/mol. The lowest BCUT2D eigenvalue weighted by atomic mass is 10.1. The first-order valence-electron chi connectivity index (χ1n) is 6.79. The highest BCUT2D eigenvalue weighted by molar-refractivity contribution is 6.42. The average Bonchev–Trinajstić information content (AvgIpc) is 3.07. The minimum Gasteiger partial charge on any atom is -0.323 e. The standard InChI is InChI=1S/C15H10Cl2FN5O/c16-11-3-1-9(5-12(11)17)6-15(24)20-14-7-10(2-4-13(14)18)23-8-19-21-22-23/h1-5,7-8H,6H2,(H,20,24). The summed E-state index contributed by atoms with van der Waals surface area (Å²) < 4.78 is 15.3. The number of hydrogen-bond donors (Lipinski definition) is 1. The molecule has 0 radical (unpaired) electrons. The molecule has 0 unspecified atom stereocenters. The van der Waals surface area contributed by atoms with Crippen LogP contribution in [0.1, 0.15) is 5.56 Å². The van der Waals surface area contributed by atoms with Crippen molar-refractivity contribution in [3.05, 3.63) is 64.2 Å². The highest BCUT2D eigenvalue weighted by atomic mass is 35.5. The molecule has 24 heavy (non-hydrogen) atoms. The Kier molecular flexibility index (Phi) is 4.73. The van der Waals surface area contributed by atoms with E-state index >= 15 is 0 Å². The molecule has 0 aliphatic heterocycles. The number of tetrazole rings is 1. The molecule has 0 saturated carbocycles. The van der Waals surface area contributed by atoms with Gasteiger partial charge in [-0.1, -0.05) is 29.3 Å². The van der Waals surface area contributed by atoms with Gasteiger partial charge >= 0.3 is 0 Å². The van der Waals surface area contributed by atoms with E-state index in [2.05, 4.69) is 20.8 Å². The molecule has 2 aromatic carbocycles. The van der Waals surface area contributed by atoms with Crippen molar-refractivity contribution < 1.29 is 9.18 Å². The van der Waals surface area contributed by atoms with Gasteiger partial charge in [0.1, 0.15) is 12.1 Å². The van der Waals surface area contributed by atoms with E-state index in [1.54, 1.807) is 18.2 Å². The molecule has 0 spiro atoms. The van der Waals surface area contributed by atoms with Gasteiger partial charge in [0, 0.05) is 0 Å². The van der Waals surface area contributed by atoms with Gasteiger partial charge in [-0.3, -0.25) is 4.79 Å². The van der Waals surface area contributed by atoms with Crippen LogP contribution >= 0.6 is 23.2 Å². The molecule has 0 atom stereocenters. The van der Waals surface area contributed by atoms with E-state index in [-0.39, 0.29) is 18.0 Å². The molecule has 0 aliphatic rings. The van der Waals surface area contributed by atoms with E-state index in [0.717, 1.165) is 0 Å². The first kappa shape index (κ1) is 16.4. The maximum atomic E-state index is 13.9. The van der Waals surface area contributed by atoms with Crippen molar-refractivity contribution in [2.75, 3.05) is 5.32 Å². The summed E-state index contributed by atoms with van der Waals surface area (Å²) in [5.41, 5.74) is 1.22. The zero-order chi connectivity index (χ0) is 17.1. The number of nitrogens with zero attached hydrogens (tertiary/aromatic N) is 4. The second kappa shape index (κ2) is 6.94. The predicted octanol–water partition coefficient (Wildman–Crippen LogP) is 3.29. The largest absolute Gasteiger partial charge is 0.323 e. The van der Waals surface area contributed by atoms with Gasteiger partial charge in [0.15, 0.2) is 0 Å². The number of rotatable bonds is 4. The first-order valence-corrected chi connectivity index (χ1v) is 7.55. The lowest BCUT2D eigenvalue weighted by molar-refractivity contribution is -0.115.